The number of hydrogen-bond acceptors (Lipinski definition) is 2. The average molecular weight is 235 g/mol. The molecule has 17 heavy (non-hydrogen) atoms. The van der Waals surface area contributed by atoms with E-state index in [-0.39, 0.29) is 0 Å². The van der Waals surface area contributed by atoms with Gasteiger partial charge in [0.1, 0.15) is 5.75 Å². The highest BCUT2D eigenvalue weighted by atomic mass is 16.5. The van der Waals surface area contributed by atoms with Gasteiger partial charge in [0.25, 0.3) is 0 Å². The summed E-state index contributed by atoms with van der Waals surface area (Å²) in [6.45, 7) is 4.45. The van der Waals surface area contributed by atoms with Gasteiger partial charge in [0, 0.05) is 6.04 Å². The smallest absolute Gasteiger partial charge is 0.118 e. The van der Waals surface area contributed by atoms with Crippen LogP contribution in [0.25, 0.3) is 0 Å². The predicted molar refractivity (Wildman–Crippen MR) is 73.4 cm³/mol. The van der Waals surface area contributed by atoms with Crippen LogP contribution >= 0.6 is 0 Å². The van der Waals surface area contributed by atoms with Crippen LogP contribution < -0.4 is 10.5 Å². The standard InChI is InChI=1S/C15H25NO/c1-4-13(5-2)15(16)11-8-12-6-9-14(17-3)10-7-12/h6-7,9-10,13,15H,4-5,8,11,16H2,1-3H3. The molecule has 0 aliphatic rings. The highest BCUT2D eigenvalue weighted by Gasteiger charge is 2.13. The Labute approximate surface area is 105 Å². The number of nitrogens with two attached hydrogens (primary N) is 1. The maximum absolute atomic E-state index is 6.22. The monoisotopic (exact) mass is 235 g/mol. The van der Waals surface area contributed by atoms with Gasteiger partial charge in [-0.2, -0.15) is 0 Å². The van der Waals surface area contributed by atoms with Gasteiger partial charge in [-0.15, -0.1) is 0 Å². The zero-order chi connectivity index (χ0) is 12.7. The van der Waals surface area contributed by atoms with Gasteiger partial charge in [0.05, 0.1) is 7.11 Å². The number of hydrogen-bond donors (Lipinski definition) is 1. The Morgan fingerprint density at radius 1 is 1.12 bits per heavy atom. The number of aryl methyl sites for hydroxylation is 1. The molecule has 1 atom stereocenters. The molecular formula is C15H25NO. The van der Waals surface area contributed by atoms with E-state index in [9.17, 15) is 0 Å². The second-order valence-electron chi connectivity index (χ2n) is 4.63. The molecule has 2 N–H and O–H groups in total. The van der Waals surface area contributed by atoms with Crippen molar-refractivity contribution in [3.63, 3.8) is 0 Å². The molecule has 0 bridgehead atoms. The van der Waals surface area contributed by atoms with Crippen molar-refractivity contribution in [2.24, 2.45) is 11.7 Å². The van der Waals surface area contributed by atoms with Crippen molar-refractivity contribution in [1.29, 1.82) is 0 Å². The molecule has 0 radical (unpaired) electrons. The number of rotatable bonds is 7. The van der Waals surface area contributed by atoms with E-state index in [2.05, 4.69) is 26.0 Å². The summed E-state index contributed by atoms with van der Waals surface area (Å²) in [6, 6.07) is 8.60. The second-order valence-corrected chi connectivity index (χ2v) is 4.63. The zero-order valence-electron chi connectivity index (χ0n) is 11.3. The third-order valence-electron chi connectivity index (χ3n) is 3.58. The minimum Gasteiger partial charge on any atom is -0.497 e. The Hall–Kier alpha value is -1.02. The summed E-state index contributed by atoms with van der Waals surface area (Å²) >= 11 is 0. The van der Waals surface area contributed by atoms with E-state index < -0.39 is 0 Å². The maximum atomic E-state index is 6.22. The van der Waals surface area contributed by atoms with Crippen molar-refractivity contribution in [3.05, 3.63) is 29.8 Å². The van der Waals surface area contributed by atoms with E-state index in [1.165, 1.54) is 18.4 Å². The third-order valence-corrected chi connectivity index (χ3v) is 3.58. The van der Waals surface area contributed by atoms with Gasteiger partial charge >= 0.3 is 0 Å². The molecule has 0 saturated carbocycles. The van der Waals surface area contributed by atoms with Crippen LogP contribution in [0, 0.1) is 5.92 Å². The Bertz CT molecular complexity index is 303. The summed E-state index contributed by atoms with van der Waals surface area (Å²) in [5.41, 5.74) is 7.56. The molecule has 0 aliphatic carbocycles. The third kappa shape index (κ3) is 4.39. The van der Waals surface area contributed by atoms with Crippen molar-refractivity contribution in [2.45, 2.75) is 45.6 Å². The SMILES string of the molecule is CCC(CC)C(N)CCc1ccc(OC)cc1. The van der Waals surface area contributed by atoms with Gasteiger partial charge in [-0.25, -0.2) is 0 Å². The Kier molecular flexibility index (Phi) is 6.06. The van der Waals surface area contributed by atoms with E-state index in [1.54, 1.807) is 7.11 Å². The van der Waals surface area contributed by atoms with Crippen LogP contribution in [0.3, 0.4) is 0 Å². The first-order chi connectivity index (χ1) is 8.21. The number of benzene rings is 1. The maximum Gasteiger partial charge on any atom is 0.118 e. The molecule has 0 saturated heterocycles. The summed E-state index contributed by atoms with van der Waals surface area (Å²) in [5.74, 6) is 1.58. The first-order valence-electron chi connectivity index (χ1n) is 6.59. The lowest BCUT2D eigenvalue weighted by Crippen LogP contribution is -2.29. The van der Waals surface area contributed by atoms with Gasteiger partial charge in [0.2, 0.25) is 0 Å². The first kappa shape index (κ1) is 14.0. The molecule has 2 heteroatoms. The predicted octanol–water partition coefficient (Wildman–Crippen LogP) is 3.39. The van der Waals surface area contributed by atoms with Crippen LogP contribution in [0.5, 0.6) is 5.75 Å². The van der Waals surface area contributed by atoms with Gasteiger partial charge in [-0.1, -0.05) is 38.8 Å². The van der Waals surface area contributed by atoms with Crippen LogP contribution in [0.2, 0.25) is 0 Å². The molecule has 0 aromatic heterocycles. The highest BCUT2D eigenvalue weighted by Crippen LogP contribution is 2.17. The zero-order valence-corrected chi connectivity index (χ0v) is 11.3. The van der Waals surface area contributed by atoms with Crippen LogP contribution in [0.4, 0.5) is 0 Å². The molecule has 0 amide bonds. The lowest BCUT2D eigenvalue weighted by molar-refractivity contribution is 0.378. The summed E-state index contributed by atoms with van der Waals surface area (Å²) in [7, 11) is 1.69. The summed E-state index contributed by atoms with van der Waals surface area (Å²) in [6.07, 6.45) is 4.49. The van der Waals surface area contributed by atoms with Crippen molar-refractivity contribution < 1.29 is 4.74 Å². The Morgan fingerprint density at radius 2 is 1.71 bits per heavy atom. The molecule has 0 fully saturated rings. The van der Waals surface area contributed by atoms with Crippen LogP contribution in [0.1, 0.15) is 38.7 Å². The summed E-state index contributed by atoms with van der Waals surface area (Å²) in [4.78, 5) is 0. The fourth-order valence-electron chi connectivity index (χ4n) is 2.26. The molecule has 1 aromatic rings. The quantitative estimate of drug-likeness (QED) is 0.786. The van der Waals surface area contributed by atoms with E-state index in [0.29, 0.717) is 12.0 Å². The molecule has 0 spiro atoms. The Morgan fingerprint density at radius 3 is 2.18 bits per heavy atom. The van der Waals surface area contributed by atoms with Crippen LogP contribution in [-0.4, -0.2) is 13.2 Å². The largest absolute Gasteiger partial charge is 0.497 e. The normalized spacial score (nSPS) is 12.8. The molecule has 1 rings (SSSR count). The summed E-state index contributed by atoms with van der Waals surface area (Å²) < 4.78 is 5.14. The van der Waals surface area contributed by atoms with E-state index in [1.807, 2.05) is 12.1 Å². The van der Waals surface area contributed by atoms with Crippen LogP contribution in [-0.2, 0) is 6.42 Å². The van der Waals surface area contributed by atoms with Crippen molar-refractivity contribution in [1.82, 2.24) is 0 Å². The molecule has 0 heterocycles. The molecule has 2 nitrogen and oxygen atoms in total. The van der Waals surface area contributed by atoms with Gasteiger partial charge < -0.3 is 10.5 Å². The fraction of sp³-hybridized carbons (Fsp3) is 0.600. The lowest BCUT2D eigenvalue weighted by atomic mass is 9.90. The van der Waals surface area contributed by atoms with Gasteiger partial charge in [-0.05, 0) is 36.5 Å². The molecule has 1 unspecified atom stereocenters. The number of ether oxygens (including phenoxy) is 1. The van der Waals surface area contributed by atoms with E-state index in [0.717, 1.165) is 18.6 Å². The van der Waals surface area contributed by atoms with Gasteiger partial charge in [0.15, 0.2) is 0 Å². The van der Waals surface area contributed by atoms with Crippen molar-refractivity contribution >= 4 is 0 Å². The first-order valence-corrected chi connectivity index (χ1v) is 6.59. The molecule has 0 aliphatic heterocycles. The van der Waals surface area contributed by atoms with E-state index >= 15 is 0 Å². The van der Waals surface area contributed by atoms with Crippen molar-refractivity contribution in [2.75, 3.05) is 7.11 Å². The average Bonchev–Trinajstić information content (AvgIpc) is 2.38. The summed E-state index contributed by atoms with van der Waals surface area (Å²) in [5, 5.41) is 0. The topological polar surface area (TPSA) is 35.2 Å². The van der Waals surface area contributed by atoms with E-state index in [4.69, 9.17) is 10.5 Å². The minimum atomic E-state index is 0.326. The molecule has 96 valence electrons. The van der Waals surface area contributed by atoms with Crippen LogP contribution in [0.15, 0.2) is 24.3 Å². The fourth-order valence-corrected chi connectivity index (χ4v) is 2.26. The van der Waals surface area contributed by atoms with Gasteiger partial charge in [-0.3, -0.25) is 0 Å². The molecular weight excluding hydrogens is 210 g/mol. The van der Waals surface area contributed by atoms with Crippen molar-refractivity contribution in [3.8, 4) is 5.75 Å². The highest BCUT2D eigenvalue weighted by molar-refractivity contribution is 5.27. The number of methoxy groups -OCH3 is 1. The lowest BCUT2D eigenvalue weighted by Gasteiger charge is -2.21. The Balaban J connectivity index is 2.43. The molecule has 1 aromatic carbocycles. The minimum absolute atomic E-state index is 0.326. The second kappa shape index (κ2) is 7.33.